The molecule has 2 aliphatic rings. The first-order valence-corrected chi connectivity index (χ1v) is 9.82. The van der Waals surface area contributed by atoms with Gasteiger partial charge in [0.1, 0.15) is 5.82 Å². The van der Waals surface area contributed by atoms with Crippen LogP contribution in [-0.2, 0) is 22.7 Å². The highest BCUT2D eigenvalue weighted by atomic mass is 19.1. The number of aliphatic imine (C=N–C) groups is 1. The third-order valence-electron chi connectivity index (χ3n) is 5.41. The monoisotopic (exact) mass is 392 g/mol. The second kappa shape index (κ2) is 9.84. The summed E-state index contributed by atoms with van der Waals surface area (Å²) in [5.74, 6) is 0.681. The maximum absolute atomic E-state index is 13.5. The van der Waals surface area contributed by atoms with Crippen LogP contribution >= 0.6 is 0 Å². The van der Waals surface area contributed by atoms with Crippen LogP contribution in [0.1, 0.15) is 24.0 Å². The molecule has 154 valence electrons. The van der Waals surface area contributed by atoms with Crippen molar-refractivity contribution in [2.24, 2.45) is 10.9 Å². The number of nitrogens with one attached hydrogen (secondary N) is 1. The van der Waals surface area contributed by atoms with E-state index < -0.39 is 5.82 Å². The van der Waals surface area contributed by atoms with E-state index >= 15 is 0 Å². The minimum Gasteiger partial charge on any atom is -0.392 e. The molecular formula is C20H29FN4O3. The van der Waals surface area contributed by atoms with Crippen LogP contribution in [0.15, 0.2) is 23.2 Å². The Balaban J connectivity index is 1.50. The molecule has 7 nitrogen and oxygen atoms in total. The lowest BCUT2D eigenvalue weighted by Crippen LogP contribution is -2.49. The maximum Gasteiger partial charge on any atom is 0.225 e. The van der Waals surface area contributed by atoms with Crippen molar-refractivity contribution >= 4 is 11.9 Å². The van der Waals surface area contributed by atoms with Crippen molar-refractivity contribution in [2.75, 3.05) is 46.4 Å². The van der Waals surface area contributed by atoms with Crippen molar-refractivity contribution in [3.63, 3.8) is 0 Å². The van der Waals surface area contributed by atoms with Crippen LogP contribution in [0.4, 0.5) is 4.39 Å². The van der Waals surface area contributed by atoms with Gasteiger partial charge in [-0.1, -0.05) is 6.07 Å². The summed E-state index contributed by atoms with van der Waals surface area (Å²) in [5.41, 5.74) is 1.17. The van der Waals surface area contributed by atoms with Gasteiger partial charge < -0.3 is 25.0 Å². The molecule has 1 aromatic carbocycles. The number of morpholine rings is 1. The molecule has 0 unspecified atom stereocenters. The third-order valence-corrected chi connectivity index (χ3v) is 5.41. The molecule has 0 spiro atoms. The highest BCUT2D eigenvalue weighted by Gasteiger charge is 2.30. The summed E-state index contributed by atoms with van der Waals surface area (Å²) in [5, 5.41) is 12.5. The van der Waals surface area contributed by atoms with Gasteiger partial charge in [-0.2, -0.15) is 0 Å². The average molecular weight is 392 g/mol. The standard InChI is InChI=1S/C20H29FN4O3/c1-22-20(23-13-15-2-3-18(21)17(12-15)14-26)25-6-4-16(5-7-25)19(27)24-8-10-28-11-9-24/h2-3,12,16,26H,4-11,13-14H2,1H3,(H,22,23). The number of likely N-dealkylation sites (tertiary alicyclic amines) is 1. The Kier molecular flexibility index (Phi) is 7.22. The number of nitrogens with zero attached hydrogens (tertiary/aromatic N) is 3. The van der Waals surface area contributed by atoms with E-state index in [0.29, 0.717) is 32.8 Å². The Morgan fingerprint density at radius 3 is 2.61 bits per heavy atom. The fourth-order valence-electron chi connectivity index (χ4n) is 3.75. The SMILES string of the molecule is CN=C(NCc1ccc(F)c(CO)c1)N1CCC(C(=O)N2CCOCC2)CC1. The number of benzene rings is 1. The quantitative estimate of drug-likeness (QED) is 0.590. The zero-order chi connectivity index (χ0) is 19.9. The Labute approximate surface area is 165 Å². The van der Waals surface area contributed by atoms with Gasteiger partial charge in [0.25, 0.3) is 0 Å². The molecule has 0 aliphatic carbocycles. The van der Waals surface area contributed by atoms with Crippen LogP contribution in [0.5, 0.6) is 0 Å². The maximum atomic E-state index is 13.5. The summed E-state index contributed by atoms with van der Waals surface area (Å²) in [7, 11) is 1.73. The predicted octanol–water partition coefficient (Wildman–Crippen LogP) is 0.964. The summed E-state index contributed by atoms with van der Waals surface area (Å²) in [6.45, 7) is 4.35. The number of rotatable bonds is 4. The van der Waals surface area contributed by atoms with Gasteiger partial charge in [-0.3, -0.25) is 9.79 Å². The van der Waals surface area contributed by atoms with Crippen LogP contribution in [0.3, 0.4) is 0 Å². The van der Waals surface area contributed by atoms with Gasteiger partial charge >= 0.3 is 0 Å². The molecule has 8 heteroatoms. The molecule has 2 heterocycles. The normalized spacial score (nSPS) is 19.0. The van der Waals surface area contributed by atoms with Crippen LogP contribution in [0.2, 0.25) is 0 Å². The average Bonchev–Trinajstić information content (AvgIpc) is 2.75. The number of guanidine groups is 1. The zero-order valence-corrected chi connectivity index (χ0v) is 16.4. The van der Waals surface area contributed by atoms with Gasteiger partial charge in [0.2, 0.25) is 5.91 Å². The molecule has 0 bridgehead atoms. The van der Waals surface area contributed by atoms with Crippen molar-refractivity contribution in [2.45, 2.75) is 26.0 Å². The lowest BCUT2D eigenvalue weighted by molar-refractivity contribution is -0.140. The Morgan fingerprint density at radius 2 is 1.96 bits per heavy atom. The van der Waals surface area contributed by atoms with Gasteiger partial charge in [-0.05, 0) is 30.5 Å². The number of aliphatic hydroxyl groups excluding tert-OH is 1. The van der Waals surface area contributed by atoms with Crippen molar-refractivity contribution in [3.8, 4) is 0 Å². The number of amides is 1. The fraction of sp³-hybridized carbons (Fsp3) is 0.600. The second-order valence-electron chi connectivity index (χ2n) is 7.18. The van der Waals surface area contributed by atoms with E-state index in [4.69, 9.17) is 4.74 Å². The number of halogens is 1. The molecule has 0 saturated carbocycles. The molecule has 2 fully saturated rings. The molecule has 0 atom stereocenters. The highest BCUT2D eigenvalue weighted by molar-refractivity contribution is 5.81. The van der Waals surface area contributed by atoms with E-state index in [9.17, 15) is 14.3 Å². The first-order valence-electron chi connectivity index (χ1n) is 9.82. The molecule has 2 aliphatic heterocycles. The zero-order valence-electron chi connectivity index (χ0n) is 16.4. The first kappa shape index (κ1) is 20.5. The first-order chi connectivity index (χ1) is 13.6. The minimum atomic E-state index is -0.400. The van der Waals surface area contributed by atoms with Crippen LogP contribution in [0.25, 0.3) is 0 Å². The van der Waals surface area contributed by atoms with Crippen LogP contribution < -0.4 is 5.32 Å². The molecular weight excluding hydrogens is 363 g/mol. The Morgan fingerprint density at radius 1 is 1.25 bits per heavy atom. The number of hydrogen-bond acceptors (Lipinski definition) is 4. The van der Waals surface area contributed by atoms with E-state index in [1.807, 2.05) is 4.90 Å². The summed E-state index contributed by atoms with van der Waals surface area (Å²) < 4.78 is 18.8. The largest absolute Gasteiger partial charge is 0.392 e. The summed E-state index contributed by atoms with van der Waals surface area (Å²) in [4.78, 5) is 21.1. The van der Waals surface area contributed by atoms with Crippen LogP contribution in [-0.4, -0.2) is 73.2 Å². The number of carbonyl (C=O) groups is 1. The minimum absolute atomic E-state index is 0.0664. The van der Waals surface area contributed by atoms with Gasteiger partial charge in [-0.15, -0.1) is 0 Å². The topological polar surface area (TPSA) is 77.4 Å². The van der Waals surface area contributed by atoms with Gasteiger partial charge in [0, 0.05) is 51.3 Å². The van der Waals surface area contributed by atoms with E-state index in [1.165, 1.54) is 6.07 Å². The van der Waals surface area contributed by atoms with Gasteiger partial charge in [0.15, 0.2) is 5.96 Å². The molecule has 0 aromatic heterocycles. The molecule has 2 saturated heterocycles. The lowest BCUT2D eigenvalue weighted by Gasteiger charge is -2.36. The molecule has 2 N–H and O–H groups in total. The molecule has 3 rings (SSSR count). The Bertz CT molecular complexity index is 699. The third kappa shape index (κ3) is 4.99. The van der Waals surface area contributed by atoms with E-state index in [2.05, 4.69) is 15.2 Å². The van der Waals surface area contributed by atoms with E-state index in [-0.39, 0.29) is 24.0 Å². The fourth-order valence-corrected chi connectivity index (χ4v) is 3.75. The number of aliphatic hydroxyl groups is 1. The molecule has 28 heavy (non-hydrogen) atoms. The molecule has 1 amide bonds. The van der Waals surface area contributed by atoms with Crippen molar-refractivity contribution in [1.29, 1.82) is 0 Å². The number of hydrogen-bond donors (Lipinski definition) is 2. The van der Waals surface area contributed by atoms with Crippen molar-refractivity contribution < 1.29 is 19.0 Å². The summed E-state index contributed by atoms with van der Waals surface area (Å²) in [6, 6.07) is 4.72. The van der Waals surface area contributed by atoms with Gasteiger partial charge in [-0.25, -0.2) is 4.39 Å². The number of piperidine rings is 1. The lowest BCUT2D eigenvalue weighted by atomic mass is 9.95. The second-order valence-corrected chi connectivity index (χ2v) is 7.18. The predicted molar refractivity (Wildman–Crippen MR) is 104 cm³/mol. The smallest absolute Gasteiger partial charge is 0.225 e. The molecule has 1 aromatic rings. The van der Waals surface area contributed by atoms with Gasteiger partial charge in [0.05, 0.1) is 19.8 Å². The van der Waals surface area contributed by atoms with E-state index in [0.717, 1.165) is 37.5 Å². The molecule has 0 radical (unpaired) electrons. The van der Waals surface area contributed by atoms with Crippen molar-refractivity contribution in [1.82, 2.24) is 15.1 Å². The van der Waals surface area contributed by atoms with E-state index in [1.54, 1.807) is 19.2 Å². The van der Waals surface area contributed by atoms with Crippen LogP contribution in [0, 0.1) is 11.7 Å². The summed E-state index contributed by atoms with van der Waals surface area (Å²) >= 11 is 0. The number of carbonyl (C=O) groups excluding carboxylic acids is 1. The highest BCUT2D eigenvalue weighted by Crippen LogP contribution is 2.20. The summed E-state index contributed by atoms with van der Waals surface area (Å²) in [6.07, 6.45) is 1.62. The number of ether oxygens (including phenoxy) is 1. The Hall–Kier alpha value is -2.19. The van der Waals surface area contributed by atoms with Crippen molar-refractivity contribution in [3.05, 3.63) is 35.1 Å².